The lowest BCUT2D eigenvalue weighted by atomic mass is 10.4. The van der Waals surface area contributed by atoms with Gasteiger partial charge in [-0.1, -0.05) is 6.92 Å². The third-order valence-electron chi connectivity index (χ3n) is 1.69. The molecule has 0 fully saturated rings. The maximum absolute atomic E-state index is 5.71. The van der Waals surface area contributed by atoms with Crippen molar-refractivity contribution >= 4 is 22.6 Å². The second kappa shape index (κ2) is 3.79. The molecule has 0 unspecified atom stereocenters. The minimum atomic E-state index is 0.160. The number of fused-ring (bicyclic) bond motifs is 1. The molecule has 5 nitrogen and oxygen atoms in total. The fraction of sp³-hybridized carbons (Fsp3) is 0.375. The van der Waals surface area contributed by atoms with Crippen molar-refractivity contribution in [2.75, 3.05) is 6.61 Å². The van der Waals surface area contributed by atoms with E-state index in [2.05, 4.69) is 20.2 Å². The number of aromatic amines is 1. The van der Waals surface area contributed by atoms with Crippen LogP contribution in [0.4, 0.5) is 0 Å². The molecule has 0 saturated heterocycles. The van der Waals surface area contributed by atoms with Crippen LogP contribution < -0.4 is 4.74 Å². The van der Waals surface area contributed by atoms with Gasteiger partial charge in [0.05, 0.1) is 12.8 Å². The second-order valence-corrected chi connectivity index (χ2v) is 3.12. The van der Waals surface area contributed by atoms with Gasteiger partial charge in [-0.25, -0.2) is 0 Å². The van der Waals surface area contributed by atoms with Crippen molar-refractivity contribution in [1.82, 2.24) is 20.2 Å². The number of halogens is 1. The summed E-state index contributed by atoms with van der Waals surface area (Å²) in [6.07, 6.45) is 2.54. The van der Waals surface area contributed by atoms with Crippen LogP contribution in [0.2, 0.25) is 5.28 Å². The summed E-state index contributed by atoms with van der Waals surface area (Å²) < 4.78 is 5.41. The first-order chi connectivity index (χ1) is 6.81. The van der Waals surface area contributed by atoms with Crippen molar-refractivity contribution in [3.63, 3.8) is 0 Å². The molecule has 0 spiro atoms. The first kappa shape index (κ1) is 9.21. The predicted molar refractivity (Wildman–Crippen MR) is 52.5 cm³/mol. The van der Waals surface area contributed by atoms with Crippen LogP contribution in [0, 0.1) is 0 Å². The fourth-order valence-electron chi connectivity index (χ4n) is 1.09. The van der Waals surface area contributed by atoms with Gasteiger partial charge in [-0.2, -0.15) is 15.1 Å². The smallest absolute Gasteiger partial charge is 0.229 e. The monoisotopic (exact) mass is 212 g/mol. The van der Waals surface area contributed by atoms with Crippen LogP contribution >= 0.6 is 11.6 Å². The maximum Gasteiger partial charge on any atom is 0.229 e. The molecule has 2 aromatic rings. The Morgan fingerprint density at radius 3 is 3.14 bits per heavy atom. The first-order valence-corrected chi connectivity index (χ1v) is 4.68. The number of aromatic nitrogens is 4. The molecule has 74 valence electrons. The van der Waals surface area contributed by atoms with Gasteiger partial charge in [-0.3, -0.25) is 5.10 Å². The van der Waals surface area contributed by atoms with Gasteiger partial charge in [0, 0.05) is 0 Å². The summed E-state index contributed by atoms with van der Waals surface area (Å²) in [5.74, 6) is 0.482. The first-order valence-electron chi connectivity index (χ1n) is 4.30. The second-order valence-electron chi connectivity index (χ2n) is 2.78. The van der Waals surface area contributed by atoms with Gasteiger partial charge in [0.2, 0.25) is 11.2 Å². The molecule has 2 aromatic heterocycles. The molecule has 6 heteroatoms. The summed E-state index contributed by atoms with van der Waals surface area (Å²) in [6.45, 7) is 2.63. The van der Waals surface area contributed by atoms with Crippen molar-refractivity contribution in [3.8, 4) is 5.88 Å². The molecule has 0 bridgehead atoms. The van der Waals surface area contributed by atoms with Gasteiger partial charge in [-0.05, 0) is 18.0 Å². The van der Waals surface area contributed by atoms with Gasteiger partial charge < -0.3 is 4.74 Å². The predicted octanol–water partition coefficient (Wildman–Crippen LogP) is 1.80. The molecule has 0 atom stereocenters. The van der Waals surface area contributed by atoms with Crippen molar-refractivity contribution in [2.45, 2.75) is 13.3 Å². The zero-order valence-corrected chi connectivity index (χ0v) is 8.38. The molecule has 2 heterocycles. The summed E-state index contributed by atoms with van der Waals surface area (Å²) in [6, 6.07) is 0. The van der Waals surface area contributed by atoms with Crippen LogP contribution in [0.3, 0.4) is 0 Å². The molecule has 0 aliphatic rings. The lowest BCUT2D eigenvalue weighted by Crippen LogP contribution is -1.98. The average Bonchev–Trinajstić information content (AvgIpc) is 2.61. The summed E-state index contributed by atoms with van der Waals surface area (Å²) in [4.78, 5) is 7.94. The summed E-state index contributed by atoms with van der Waals surface area (Å²) >= 11 is 5.71. The van der Waals surface area contributed by atoms with E-state index in [-0.39, 0.29) is 5.28 Å². The highest BCUT2D eigenvalue weighted by Crippen LogP contribution is 2.21. The molecule has 1 N–H and O–H groups in total. The Kier molecular flexibility index (Phi) is 2.49. The van der Waals surface area contributed by atoms with Crippen molar-refractivity contribution in [1.29, 1.82) is 0 Å². The van der Waals surface area contributed by atoms with Gasteiger partial charge in [-0.15, -0.1) is 0 Å². The fourth-order valence-corrected chi connectivity index (χ4v) is 1.25. The van der Waals surface area contributed by atoms with E-state index in [1.165, 1.54) is 0 Å². The van der Waals surface area contributed by atoms with Crippen LogP contribution in [0.5, 0.6) is 5.88 Å². The number of hydrogen-bond donors (Lipinski definition) is 1. The molecule has 0 radical (unpaired) electrons. The van der Waals surface area contributed by atoms with Crippen LogP contribution in [0.1, 0.15) is 13.3 Å². The quantitative estimate of drug-likeness (QED) is 0.788. The molecule has 0 amide bonds. The van der Waals surface area contributed by atoms with Crippen LogP contribution in [-0.4, -0.2) is 26.8 Å². The normalized spacial score (nSPS) is 10.7. The Morgan fingerprint density at radius 2 is 2.36 bits per heavy atom. The average molecular weight is 213 g/mol. The molecule has 14 heavy (non-hydrogen) atoms. The molecule has 2 rings (SSSR count). The molecular formula is C8H9ClN4O. The third-order valence-corrected chi connectivity index (χ3v) is 1.86. The topological polar surface area (TPSA) is 63.7 Å². The Labute approximate surface area is 85.5 Å². The Balaban J connectivity index is 2.44. The van der Waals surface area contributed by atoms with Crippen molar-refractivity contribution < 1.29 is 4.74 Å². The van der Waals surface area contributed by atoms with Gasteiger partial charge >= 0.3 is 0 Å². The number of rotatable bonds is 3. The Bertz CT molecular complexity index is 442. The van der Waals surface area contributed by atoms with Crippen LogP contribution in [0.15, 0.2) is 6.20 Å². The van der Waals surface area contributed by atoms with E-state index < -0.39 is 0 Å². The minimum absolute atomic E-state index is 0.160. The highest BCUT2D eigenvalue weighted by Gasteiger charge is 2.08. The standard InChI is InChI=1S/C8H9ClN4O/c1-2-3-14-7-5-4-10-13-6(5)11-8(9)12-7/h4H,2-3H2,1H3,(H,10,11,12,13). The van der Waals surface area contributed by atoms with Crippen molar-refractivity contribution in [3.05, 3.63) is 11.5 Å². The third kappa shape index (κ3) is 1.63. The number of nitrogens with one attached hydrogen (secondary N) is 1. The zero-order chi connectivity index (χ0) is 9.97. The van der Waals surface area contributed by atoms with Gasteiger partial charge in [0.15, 0.2) is 5.65 Å². The van der Waals surface area contributed by atoms with E-state index in [1.807, 2.05) is 6.92 Å². The number of H-pyrrole nitrogens is 1. The van der Waals surface area contributed by atoms with E-state index in [1.54, 1.807) is 6.20 Å². The molecule has 0 aromatic carbocycles. The SMILES string of the molecule is CCCOc1nc(Cl)nc2[nH]ncc12. The molecule has 0 saturated carbocycles. The van der Waals surface area contributed by atoms with Gasteiger partial charge in [0.1, 0.15) is 5.39 Å². The number of nitrogens with zero attached hydrogens (tertiary/aromatic N) is 3. The van der Waals surface area contributed by atoms with E-state index in [0.717, 1.165) is 11.8 Å². The Hall–Kier alpha value is -1.36. The van der Waals surface area contributed by atoms with Crippen LogP contribution in [0.25, 0.3) is 11.0 Å². The van der Waals surface area contributed by atoms with Crippen LogP contribution in [-0.2, 0) is 0 Å². The number of ether oxygens (including phenoxy) is 1. The Morgan fingerprint density at radius 1 is 1.50 bits per heavy atom. The van der Waals surface area contributed by atoms with Crippen molar-refractivity contribution in [2.24, 2.45) is 0 Å². The lowest BCUT2D eigenvalue weighted by molar-refractivity contribution is 0.309. The largest absolute Gasteiger partial charge is 0.477 e. The van der Waals surface area contributed by atoms with Gasteiger partial charge in [0.25, 0.3) is 0 Å². The lowest BCUT2D eigenvalue weighted by Gasteiger charge is -2.03. The van der Waals surface area contributed by atoms with E-state index in [4.69, 9.17) is 16.3 Å². The maximum atomic E-state index is 5.71. The molecular weight excluding hydrogens is 204 g/mol. The van der Waals surface area contributed by atoms with E-state index in [9.17, 15) is 0 Å². The summed E-state index contributed by atoms with van der Waals surface area (Å²) in [7, 11) is 0. The zero-order valence-electron chi connectivity index (χ0n) is 7.62. The minimum Gasteiger partial charge on any atom is -0.477 e. The summed E-state index contributed by atoms with van der Waals surface area (Å²) in [5, 5.41) is 7.47. The highest BCUT2D eigenvalue weighted by molar-refractivity contribution is 6.28. The highest BCUT2D eigenvalue weighted by atomic mass is 35.5. The summed E-state index contributed by atoms with van der Waals surface area (Å²) in [5.41, 5.74) is 0.594. The number of hydrogen-bond acceptors (Lipinski definition) is 4. The van der Waals surface area contributed by atoms with E-state index in [0.29, 0.717) is 18.1 Å². The molecule has 0 aliphatic carbocycles. The van der Waals surface area contributed by atoms with E-state index >= 15 is 0 Å². The molecule has 0 aliphatic heterocycles.